The van der Waals surface area contributed by atoms with Crippen LogP contribution in [0.15, 0.2) is 0 Å². The van der Waals surface area contributed by atoms with Gasteiger partial charge in [-0.05, 0) is 17.6 Å². The summed E-state index contributed by atoms with van der Waals surface area (Å²) in [5.41, 5.74) is -0.379. The molecule has 0 aliphatic carbocycles. The largest absolute Gasteiger partial charge is 0.393 e. The molecule has 0 bridgehead atoms. The van der Waals surface area contributed by atoms with E-state index in [1.54, 1.807) is 11.8 Å². The number of hydrogen-bond acceptors (Lipinski definition) is 4. The summed E-state index contributed by atoms with van der Waals surface area (Å²) in [4.78, 5) is 22.7. The lowest BCUT2D eigenvalue weighted by atomic mass is 9.73. The first-order chi connectivity index (χ1) is 6.44. The Bertz CT molecular complexity index is 298. The van der Waals surface area contributed by atoms with Crippen LogP contribution in [-0.2, 0) is 14.3 Å². The third kappa shape index (κ3) is 1.56. The first kappa shape index (κ1) is 10.0. The number of carbonyl (C=O) groups excluding carboxylic acids is 2. The van der Waals surface area contributed by atoms with Crippen molar-refractivity contribution in [3.8, 4) is 0 Å². The van der Waals surface area contributed by atoms with Gasteiger partial charge >= 0.3 is 11.9 Å². The fourth-order valence-electron chi connectivity index (χ4n) is 2.38. The predicted octanol–water partition coefficient (Wildman–Crippen LogP) is 1.61. The van der Waals surface area contributed by atoms with Gasteiger partial charge in [-0.25, -0.2) is 0 Å². The van der Waals surface area contributed by atoms with Crippen molar-refractivity contribution < 1.29 is 14.3 Å². The van der Waals surface area contributed by atoms with Crippen LogP contribution in [0.25, 0.3) is 0 Å². The monoisotopic (exact) mass is 214 g/mol. The molecule has 2 saturated heterocycles. The molecule has 0 aromatic heterocycles. The zero-order chi connectivity index (χ0) is 10.4. The molecule has 2 rings (SSSR count). The van der Waals surface area contributed by atoms with Crippen LogP contribution in [0, 0.1) is 10.8 Å². The Hall–Kier alpha value is -0.510. The molecule has 2 aliphatic heterocycles. The van der Waals surface area contributed by atoms with Gasteiger partial charge in [-0.1, -0.05) is 13.8 Å². The van der Waals surface area contributed by atoms with Crippen molar-refractivity contribution in [1.82, 2.24) is 0 Å². The van der Waals surface area contributed by atoms with E-state index in [2.05, 4.69) is 18.6 Å². The highest BCUT2D eigenvalue weighted by molar-refractivity contribution is 7.99. The van der Waals surface area contributed by atoms with Gasteiger partial charge in [-0.2, -0.15) is 11.8 Å². The maximum atomic E-state index is 11.6. The molecule has 1 spiro atoms. The number of ether oxygens (including phenoxy) is 1. The highest BCUT2D eigenvalue weighted by Gasteiger charge is 2.53. The second-order valence-corrected chi connectivity index (χ2v) is 6.04. The molecule has 0 amide bonds. The van der Waals surface area contributed by atoms with E-state index in [0.717, 1.165) is 17.9 Å². The maximum Gasteiger partial charge on any atom is 0.321 e. The van der Waals surface area contributed by atoms with Gasteiger partial charge in [-0.15, -0.1) is 0 Å². The molecular formula is C10H14O3S. The Kier molecular flexibility index (Phi) is 2.14. The van der Waals surface area contributed by atoms with Gasteiger partial charge in [0.2, 0.25) is 0 Å². The molecule has 0 aromatic carbocycles. The van der Waals surface area contributed by atoms with E-state index in [1.165, 1.54) is 0 Å². The third-order valence-corrected chi connectivity index (χ3v) is 4.55. The average molecular weight is 214 g/mol. The summed E-state index contributed by atoms with van der Waals surface area (Å²) >= 11 is 1.75. The second kappa shape index (κ2) is 2.99. The van der Waals surface area contributed by atoms with Gasteiger partial charge in [0.1, 0.15) is 0 Å². The van der Waals surface area contributed by atoms with Gasteiger partial charge in [0.15, 0.2) is 0 Å². The number of esters is 2. The summed E-state index contributed by atoms with van der Waals surface area (Å²) < 4.78 is 4.66. The number of hydrogen-bond donors (Lipinski definition) is 0. The lowest BCUT2D eigenvalue weighted by Crippen LogP contribution is -2.40. The Morgan fingerprint density at radius 1 is 1.29 bits per heavy atom. The van der Waals surface area contributed by atoms with Gasteiger partial charge in [0.25, 0.3) is 0 Å². The summed E-state index contributed by atoms with van der Waals surface area (Å²) in [5, 5.41) is 0. The van der Waals surface area contributed by atoms with Crippen LogP contribution in [0.4, 0.5) is 0 Å². The van der Waals surface area contributed by atoms with Crippen molar-refractivity contribution in [2.75, 3.05) is 11.5 Å². The third-order valence-electron chi connectivity index (χ3n) is 2.81. The van der Waals surface area contributed by atoms with Crippen LogP contribution in [0.5, 0.6) is 0 Å². The Balaban J connectivity index is 2.24. The lowest BCUT2D eigenvalue weighted by molar-refractivity contribution is -0.155. The minimum absolute atomic E-state index is 0.132. The van der Waals surface area contributed by atoms with Gasteiger partial charge in [0, 0.05) is 5.75 Å². The van der Waals surface area contributed by atoms with Crippen LogP contribution in [0.3, 0.4) is 0 Å². The molecule has 1 atom stereocenters. The molecule has 2 fully saturated rings. The zero-order valence-electron chi connectivity index (χ0n) is 8.46. The quantitative estimate of drug-likeness (QED) is 0.454. The highest BCUT2D eigenvalue weighted by atomic mass is 32.2. The summed E-state index contributed by atoms with van der Waals surface area (Å²) in [6.07, 6.45) is 1.06. The number of rotatable bonds is 0. The van der Waals surface area contributed by atoms with E-state index in [1.807, 2.05) is 0 Å². The van der Waals surface area contributed by atoms with E-state index in [0.29, 0.717) is 0 Å². The van der Waals surface area contributed by atoms with Gasteiger partial charge in [0.05, 0.1) is 11.8 Å². The molecule has 2 heterocycles. The standard InChI is InChI=1S/C10H14O3S/c1-9(2)4-10(6-14-5-9)3-7(11)13-8(10)12/h3-6H2,1-2H3. The van der Waals surface area contributed by atoms with Crippen LogP contribution < -0.4 is 0 Å². The van der Waals surface area contributed by atoms with Crippen molar-refractivity contribution in [2.24, 2.45) is 10.8 Å². The fourth-order valence-corrected chi connectivity index (χ4v) is 3.85. The smallest absolute Gasteiger partial charge is 0.321 e. The lowest BCUT2D eigenvalue weighted by Gasteiger charge is -2.38. The minimum atomic E-state index is -0.510. The van der Waals surface area contributed by atoms with Crippen LogP contribution >= 0.6 is 11.8 Å². The molecular weight excluding hydrogens is 200 g/mol. The van der Waals surface area contributed by atoms with Crippen molar-refractivity contribution in [3.63, 3.8) is 0 Å². The molecule has 1 unspecified atom stereocenters. The van der Waals surface area contributed by atoms with E-state index in [4.69, 9.17) is 0 Å². The Labute approximate surface area is 87.6 Å². The number of cyclic esters (lactones) is 2. The number of thioether (sulfide) groups is 1. The van der Waals surface area contributed by atoms with Gasteiger partial charge < -0.3 is 4.74 Å². The minimum Gasteiger partial charge on any atom is -0.393 e. The number of carbonyl (C=O) groups is 2. The fraction of sp³-hybridized carbons (Fsp3) is 0.800. The highest BCUT2D eigenvalue weighted by Crippen LogP contribution is 2.49. The van der Waals surface area contributed by atoms with Crippen molar-refractivity contribution in [3.05, 3.63) is 0 Å². The van der Waals surface area contributed by atoms with E-state index < -0.39 is 5.41 Å². The summed E-state index contributed by atoms with van der Waals surface area (Å²) in [7, 11) is 0. The molecule has 3 nitrogen and oxygen atoms in total. The molecule has 0 saturated carbocycles. The molecule has 78 valence electrons. The van der Waals surface area contributed by atoms with Crippen LogP contribution in [0.2, 0.25) is 0 Å². The van der Waals surface area contributed by atoms with Crippen molar-refractivity contribution >= 4 is 23.7 Å². The molecule has 0 aromatic rings. The van der Waals surface area contributed by atoms with Crippen LogP contribution in [0.1, 0.15) is 26.7 Å². The van der Waals surface area contributed by atoms with E-state index in [-0.39, 0.29) is 23.8 Å². The molecule has 4 heteroatoms. The Morgan fingerprint density at radius 3 is 2.50 bits per heavy atom. The normalized spacial score (nSPS) is 36.1. The first-order valence-electron chi connectivity index (χ1n) is 4.77. The van der Waals surface area contributed by atoms with E-state index in [9.17, 15) is 9.59 Å². The van der Waals surface area contributed by atoms with E-state index >= 15 is 0 Å². The van der Waals surface area contributed by atoms with Crippen LogP contribution in [-0.4, -0.2) is 23.4 Å². The SMILES string of the molecule is CC1(C)CSCC2(CC(=O)OC2=O)C1. The zero-order valence-corrected chi connectivity index (χ0v) is 9.28. The summed E-state index contributed by atoms with van der Waals surface area (Å²) in [6.45, 7) is 4.27. The van der Waals surface area contributed by atoms with Gasteiger partial charge in [-0.3, -0.25) is 9.59 Å². The molecule has 0 N–H and O–H groups in total. The molecule has 0 radical (unpaired) electrons. The topological polar surface area (TPSA) is 43.4 Å². The molecule has 2 aliphatic rings. The Morgan fingerprint density at radius 2 is 2.00 bits per heavy atom. The van der Waals surface area contributed by atoms with Crippen molar-refractivity contribution in [2.45, 2.75) is 26.7 Å². The first-order valence-corrected chi connectivity index (χ1v) is 5.92. The van der Waals surface area contributed by atoms with Crippen molar-refractivity contribution in [1.29, 1.82) is 0 Å². The average Bonchev–Trinajstić information content (AvgIpc) is 2.24. The maximum absolute atomic E-state index is 11.6. The predicted molar refractivity (Wildman–Crippen MR) is 53.9 cm³/mol. The second-order valence-electron chi connectivity index (χ2n) is 5.05. The summed E-state index contributed by atoms with van der Waals surface area (Å²) in [6, 6.07) is 0. The summed E-state index contributed by atoms with van der Waals surface area (Å²) in [5.74, 6) is 1.13. The molecule has 14 heavy (non-hydrogen) atoms.